The number of nitrogens with zero attached hydrogens (tertiary/aromatic N) is 1. The highest BCUT2D eigenvalue weighted by Gasteiger charge is 2.14. The number of oxazole rings is 1. The minimum atomic E-state index is -0.985. The molecule has 2 rings (SSSR count). The molecule has 0 aliphatic carbocycles. The molecule has 1 heterocycles. The van der Waals surface area contributed by atoms with Gasteiger partial charge in [0.2, 0.25) is 5.89 Å². The van der Waals surface area contributed by atoms with E-state index < -0.39 is 5.97 Å². The second kappa shape index (κ2) is 3.57. The van der Waals surface area contributed by atoms with Gasteiger partial charge in [-0.25, -0.2) is 9.78 Å². The number of carbonyl (C=O) groups is 1. The normalized spacial score (nSPS) is 10.2. The summed E-state index contributed by atoms with van der Waals surface area (Å²) in [4.78, 5) is 14.9. The van der Waals surface area contributed by atoms with E-state index in [4.69, 9.17) is 9.52 Å². The zero-order chi connectivity index (χ0) is 10.8. The van der Waals surface area contributed by atoms with E-state index in [1.54, 1.807) is 31.3 Å². The Labute approximate surface area is 86.2 Å². The Morgan fingerprint density at radius 1 is 1.40 bits per heavy atom. The van der Waals surface area contributed by atoms with Gasteiger partial charge in [0.25, 0.3) is 0 Å². The summed E-state index contributed by atoms with van der Waals surface area (Å²) < 4.78 is 5.29. The molecular formula is C11H9NO3. The molecule has 0 fully saturated rings. The lowest BCUT2D eigenvalue weighted by molar-refractivity contribution is 0.0697. The van der Waals surface area contributed by atoms with Crippen LogP contribution in [0.4, 0.5) is 0 Å². The van der Waals surface area contributed by atoms with Crippen LogP contribution in [-0.2, 0) is 0 Å². The zero-order valence-corrected chi connectivity index (χ0v) is 8.10. The lowest BCUT2D eigenvalue weighted by Gasteiger charge is -2.00. The van der Waals surface area contributed by atoms with Crippen molar-refractivity contribution in [1.29, 1.82) is 0 Å². The maximum absolute atomic E-state index is 10.9. The third-order valence-corrected chi connectivity index (χ3v) is 2.01. The van der Waals surface area contributed by atoms with Gasteiger partial charge < -0.3 is 9.52 Å². The van der Waals surface area contributed by atoms with E-state index in [-0.39, 0.29) is 5.56 Å². The molecule has 0 radical (unpaired) electrons. The molecule has 0 aliphatic rings. The van der Waals surface area contributed by atoms with Gasteiger partial charge in [-0.2, -0.15) is 0 Å². The molecule has 1 aromatic carbocycles. The summed E-state index contributed by atoms with van der Waals surface area (Å²) in [5.74, 6) is 0.0112. The smallest absolute Gasteiger partial charge is 0.336 e. The number of benzene rings is 1. The van der Waals surface area contributed by atoms with Crippen LogP contribution in [0.2, 0.25) is 0 Å². The van der Waals surface area contributed by atoms with Crippen LogP contribution in [0.1, 0.15) is 16.1 Å². The average Bonchev–Trinajstić information content (AvgIpc) is 2.65. The first-order valence-electron chi connectivity index (χ1n) is 4.43. The SMILES string of the molecule is Cc1cnc(-c2ccccc2C(=O)O)o1. The predicted molar refractivity (Wildman–Crippen MR) is 53.6 cm³/mol. The quantitative estimate of drug-likeness (QED) is 0.813. The number of hydrogen-bond acceptors (Lipinski definition) is 3. The van der Waals surface area contributed by atoms with Gasteiger partial charge in [0.15, 0.2) is 0 Å². The van der Waals surface area contributed by atoms with Crippen molar-refractivity contribution in [2.24, 2.45) is 0 Å². The van der Waals surface area contributed by atoms with Crippen LogP contribution in [-0.4, -0.2) is 16.1 Å². The molecule has 15 heavy (non-hydrogen) atoms. The molecule has 0 saturated carbocycles. The molecular weight excluding hydrogens is 194 g/mol. The van der Waals surface area contributed by atoms with E-state index in [0.29, 0.717) is 17.2 Å². The highest BCUT2D eigenvalue weighted by Crippen LogP contribution is 2.22. The summed E-state index contributed by atoms with van der Waals surface area (Å²) in [6.45, 7) is 1.76. The number of rotatable bonds is 2. The first-order valence-corrected chi connectivity index (χ1v) is 4.43. The molecule has 76 valence electrons. The molecule has 0 spiro atoms. The highest BCUT2D eigenvalue weighted by molar-refractivity contribution is 5.94. The first-order chi connectivity index (χ1) is 7.18. The van der Waals surface area contributed by atoms with Crippen molar-refractivity contribution < 1.29 is 14.3 Å². The molecule has 2 aromatic rings. The average molecular weight is 203 g/mol. The maximum Gasteiger partial charge on any atom is 0.336 e. The van der Waals surface area contributed by atoms with Crippen molar-refractivity contribution in [3.63, 3.8) is 0 Å². The van der Waals surface area contributed by atoms with Crippen LogP contribution in [0.3, 0.4) is 0 Å². The standard InChI is InChI=1S/C11H9NO3/c1-7-6-12-10(15-7)8-4-2-3-5-9(8)11(13)14/h2-6H,1H3,(H,13,14). The minimum absolute atomic E-state index is 0.194. The summed E-state index contributed by atoms with van der Waals surface area (Å²) in [6.07, 6.45) is 1.56. The monoisotopic (exact) mass is 203 g/mol. The van der Waals surface area contributed by atoms with Gasteiger partial charge in [0.05, 0.1) is 17.3 Å². The minimum Gasteiger partial charge on any atom is -0.478 e. The molecule has 1 N–H and O–H groups in total. The van der Waals surface area contributed by atoms with Crippen LogP contribution in [0, 0.1) is 6.92 Å². The number of aromatic carboxylic acids is 1. The second-order valence-electron chi connectivity index (χ2n) is 3.13. The van der Waals surface area contributed by atoms with Gasteiger partial charge in [0.1, 0.15) is 5.76 Å². The second-order valence-corrected chi connectivity index (χ2v) is 3.13. The number of aryl methyl sites for hydroxylation is 1. The Morgan fingerprint density at radius 2 is 2.13 bits per heavy atom. The molecule has 0 aliphatic heterocycles. The summed E-state index contributed by atoms with van der Waals surface area (Å²) >= 11 is 0. The number of hydrogen-bond donors (Lipinski definition) is 1. The molecule has 0 bridgehead atoms. The predicted octanol–water partition coefficient (Wildman–Crippen LogP) is 2.35. The van der Waals surface area contributed by atoms with E-state index in [2.05, 4.69) is 4.98 Å². The summed E-state index contributed by atoms with van der Waals surface area (Å²) in [7, 11) is 0. The number of aromatic nitrogens is 1. The molecule has 0 amide bonds. The Kier molecular flexibility index (Phi) is 2.25. The van der Waals surface area contributed by atoms with Crippen molar-refractivity contribution >= 4 is 5.97 Å². The van der Waals surface area contributed by atoms with Crippen molar-refractivity contribution in [2.75, 3.05) is 0 Å². The fraction of sp³-hybridized carbons (Fsp3) is 0.0909. The van der Waals surface area contributed by atoms with Crippen LogP contribution in [0.25, 0.3) is 11.5 Å². The third kappa shape index (κ3) is 1.74. The number of carboxylic acid groups (broad SMARTS) is 1. The van der Waals surface area contributed by atoms with Gasteiger partial charge in [-0.3, -0.25) is 0 Å². The van der Waals surface area contributed by atoms with Gasteiger partial charge in [-0.1, -0.05) is 12.1 Å². The van der Waals surface area contributed by atoms with E-state index in [9.17, 15) is 4.79 Å². The van der Waals surface area contributed by atoms with E-state index in [1.807, 2.05) is 0 Å². The Morgan fingerprint density at radius 3 is 2.73 bits per heavy atom. The Bertz CT molecular complexity index is 502. The molecule has 4 nitrogen and oxygen atoms in total. The van der Waals surface area contributed by atoms with E-state index in [1.165, 1.54) is 6.07 Å². The molecule has 4 heteroatoms. The van der Waals surface area contributed by atoms with Crippen molar-refractivity contribution in [2.45, 2.75) is 6.92 Å². The third-order valence-electron chi connectivity index (χ3n) is 2.01. The lowest BCUT2D eigenvalue weighted by Crippen LogP contribution is -1.98. The first kappa shape index (κ1) is 9.45. The molecule has 0 unspecified atom stereocenters. The summed E-state index contributed by atoms with van der Waals surface area (Å²) in [5, 5.41) is 8.96. The largest absolute Gasteiger partial charge is 0.478 e. The molecule has 1 aromatic heterocycles. The van der Waals surface area contributed by atoms with Gasteiger partial charge in [-0.05, 0) is 19.1 Å². The van der Waals surface area contributed by atoms with E-state index in [0.717, 1.165) is 0 Å². The van der Waals surface area contributed by atoms with Gasteiger partial charge in [0, 0.05) is 0 Å². The topological polar surface area (TPSA) is 63.3 Å². The maximum atomic E-state index is 10.9. The van der Waals surface area contributed by atoms with Crippen molar-refractivity contribution in [3.8, 4) is 11.5 Å². The van der Waals surface area contributed by atoms with E-state index >= 15 is 0 Å². The van der Waals surface area contributed by atoms with Crippen molar-refractivity contribution in [1.82, 2.24) is 4.98 Å². The fourth-order valence-electron chi connectivity index (χ4n) is 1.34. The molecule has 0 saturated heterocycles. The molecule has 0 atom stereocenters. The van der Waals surface area contributed by atoms with Crippen LogP contribution in [0.5, 0.6) is 0 Å². The van der Waals surface area contributed by atoms with Gasteiger partial charge in [-0.15, -0.1) is 0 Å². The Balaban J connectivity index is 2.57. The fourth-order valence-corrected chi connectivity index (χ4v) is 1.34. The number of carboxylic acids is 1. The zero-order valence-electron chi connectivity index (χ0n) is 8.10. The Hall–Kier alpha value is -2.10. The lowest BCUT2D eigenvalue weighted by atomic mass is 10.1. The van der Waals surface area contributed by atoms with Gasteiger partial charge >= 0.3 is 5.97 Å². The van der Waals surface area contributed by atoms with Crippen LogP contribution in [0.15, 0.2) is 34.9 Å². The van der Waals surface area contributed by atoms with Crippen molar-refractivity contribution in [3.05, 3.63) is 41.8 Å². The summed E-state index contributed by atoms with van der Waals surface area (Å²) in [6, 6.07) is 6.62. The summed E-state index contributed by atoms with van der Waals surface area (Å²) in [5.41, 5.74) is 0.692. The van der Waals surface area contributed by atoms with Crippen LogP contribution >= 0.6 is 0 Å². The van der Waals surface area contributed by atoms with Crippen LogP contribution < -0.4 is 0 Å². The highest BCUT2D eigenvalue weighted by atomic mass is 16.4.